The normalized spacial score (nSPS) is 25.7. The summed E-state index contributed by atoms with van der Waals surface area (Å²) in [4.78, 5) is 0. The summed E-state index contributed by atoms with van der Waals surface area (Å²) < 4.78 is 0. The van der Waals surface area contributed by atoms with Crippen LogP contribution in [-0.4, -0.2) is 11.7 Å². The molecular formula is C8H13NO. The lowest BCUT2D eigenvalue weighted by molar-refractivity contribution is 0.428. The summed E-state index contributed by atoms with van der Waals surface area (Å²) in [7, 11) is 0. The maximum atomic E-state index is 9.04. The maximum Gasteiger partial charge on any atom is 0.111 e. The zero-order valence-corrected chi connectivity index (χ0v) is 5.96. The molecule has 0 aromatic heterocycles. The predicted molar refractivity (Wildman–Crippen MR) is 41.6 cm³/mol. The van der Waals surface area contributed by atoms with Crippen molar-refractivity contribution in [3.05, 3.63) is 24.0 Å². The largest absolute Gasteiger partial charge is 0.508 e. The van der Waals surface area contributed by atoms with E-state index in [0.717, 1.165) is 12.8 Å². The number of hydrogen-bond acceptors (Lipinski definition) is 2. The number of aliphatic hydroxyl groups excluding tert-OH is 1. The van der Waals surface area contributed by atoms with Gasteiger partial charge >= 0.3 is 0 Å². The standard InChI is InChI=1S/C8H13NO/c9-6-7-2-1-3-8(10)5-4-7/h1,3,5,7,10H,2,4,6,9H2/t7-/m1/s1. The number of rotatable bonds is 1. The Balaban J connectivity index is 2.52. The second kappa shape index (κ2) is 3.42. The third-order valence-electron chi connectivity index (χ3n) is 1.75. The maximum absolute atomic E-state index is 9.04. The summed E-state index contributed by atoms with van der Waals surface area (Å²) in [6, 6.07) is 0. The van der Waals surface area contributed by atoms with Crippen molar-refractivity contribution in [2.75, 3.05) is 6.54 Å². The third kappa shape index (κ3) is 1.88. The van der Waals surface area contributed by atoms with Crippen LogP contribution in [0.25, 0.3) is 0 Å². The molecule has 0 fully saturated rings. The van der Waals surface area contributed by atoms with Gasteiger partial charge in [0.2, 0.25) is 0 Å². The highest BCUT2D eigenvalue weighted by Crippen LogP contribution is 2.14. The lowest BCUT2D eigenvalue weighted by atomic mass is 10.0. The van der Waals surface area contributed by atoms with Gasteiger partial charge < -0.3 is 10.8 Å². The van der Waals surface area contributed by atoms with E-state index < -0.39 is 0 Å². The number of aliphatic hydroxyl groups is 1. The topological polar surface area (TPSA) is 46.2 Å². The molecule has 0 aromatic rings. The van der Waals surface area contributed by atoms with E-state index in [0.29, 0.717) is 18.2 Å². The zero-order chi connectivity index (χ0) is 7.40. The molecule has 1 aliphatic carbocycles. The fourth-order valence-electron chi connectivity index (χ4n) is 1.03. The molecule has 0 amide bonds. The molecule has 3 N–H and O–H groups in total. The Labute approximate surface area is 61.0 Å². The average molecular weight is 139 g/mol. The quantitative estimate of drug-likeness (QED) is 0.576. The molecule has 0 aliphatic heterocycles. The van der Waals surface area contributed by atoms with Crippen LogP contribution in [0, 0.1) is 5.92 Å². The molecule has 1 aliphatic rings. The summed E-state index contributed by atoms with van der Waals surface area (Å²) in [6.45, 7) is 0.702. The van der Waals surface area contributed by atoms with E-state index >= 15 is 0 Å². The lowest BCUT2D eigenvalue weighted by Gasteiger charge is -2.06. The van der Waals surface area contributed by atoms with Crippen molar-refractivity contribution in [1.82, 2.24) is 0 Å². The van der Waals surface area contributed by atoms with E-state index in [1.165, 1.54) is 0 Å². The summed E-state index contributed by atoms with van der Waals surface area (Å²) in [5, 5.41) is 9.04. The molecule has 0 spiro atoms. The van der Waals surface area contributed by atoms with Gasteiger partial charge in [-0.15, -0.1) is 0 Å². The van der Waals surface area contributed by atoms with Crippen molar-refractivity contribution >= 4 is 0 Å². The minimum Gasteiger partial charge on any atom is -0.508 e. The van der Waals surface area contributed by atoms with Crippen LogP contribution in [0.4, 0.5) is 0 Å². The zero-order valence-electron chi connectivity index (χ0n) is 5.96. The van der Waals surface area contributed by atoms with E-state index in [4.69, 9.17) is 10.8 Å². The van der Waals surface area contributed by atoms with Crippen molar-refractivity contribution in [2.45, 2.75) is 12.8 Å². The molecule has 2 nitrogen and oxygen atoms in total. The Kier molecular flexibility index (Phi) is 2.51. The highest BCUT2D eigenvalue weighted by atomic mass is 16.3. The van der Waals surface area contributed by atoms with E-state index in [2.05, 4.69) is 0 Å². The first kappa shape index (κ1) is 7.35. The van der Waals surface area contributed by atoms with Crippen LogP contribution < -0.4 is 5.73 Å². The Morgan fingerprint density at radius 3 is 3.10 bits per heavy atom. The first-order valence-electron chi connectivity index (χ1n) is 3.58. The van der Waals surface area contributed by atoms with Gasteiger partial charge in [0.25, 0.3) is 0 Å². The molecule has 1 atom stereocenters. The molecule has 2 heteroatoms. The van der Waals surface area contributed by atoms with Crippen molar-refractivity contribution in [2.24, 2.45) is 11.7 Å². The number of hydrogen-bond donors (Lipinski definition) is 2. The molecule has 0 radical (unpaired) electrons. The van der Waals surface area contributed by atoms with E-state index in [9.17, 15) is 0 Å². The van der Waals surface area contributed by atoms with Crippen LogP contribution >= 0.6 is 0 Å². The Bertz CT molecular complexity index is 161. The molecule has 0 heterocycles. The summed E-state index contributed by atoms with van der Waals surface area (Å²) in [5.41, 5.74) is 5.47. The van der Waals surface area contributed by atoms with Crippen LogP contribution in [0.1, 0.15) is 12.8 Å². The van der Waals surface area contributed by atoms with E-state index in [1.54, 1.807) is 6.08 Å². The van der Waals surface area contributed by atoms with Gasteiger partial charge in [0, 0.05) is 0 Å². The molecule has 56 valence electrons. The van der Waals surface area contributed by atoms with Crippen molar-refractivity contribution in [3.8, 4) is 0 Å². The number of allylic oxidation sites excluding steroid dienone is 3. The Hall–Kier alpha value is -0.760. The van der Waals surface area contributed by atoms with Crippen molar-refractivity contribution in [3.63, 3.8) is 0 Å². The highest BCUT2D eigenvalue weighted by molar-refractivity contribution is 5.13. The fraction of sp³-hybridized carbons (Fsp3) is 0.500. The van der Waals surface area contributed by atoms with Gasteiger partial charge in [0.1, 0.15) is 5.76 Å². The molecule has 0 bridgehead atoms. The predicted octanol–water partition coefficient (Wildman–Crippen LogP) is 1.35. The SMILES string of the molecule is NC[C@@H]1CC=CC(O)=CC1. The summed E-state index contributed by atoms with van der Waals surface area (Å²) in [5.74, 6) is 0.886. The fourth-order valence-corrected chi connectivity index (χ4v) is 1.03. The van der Waals surface area contributed by atoms with Gasteiger partial charge in [-0.05, 0) is 37.5 Å². The van der Waals surface area contributed by atoms with Crippen LogP contribution in [0.5, 0.6) is 0 Å². The summed E-state index contributed by atoms with van der Waals surface area (Å²) >= 11 is 0. The van der Waals surface area contributed by atoms with Crippen LogP contribution in [0.15, 0.2) is 24.0 Å². The molecule has 1 rings (SSSR count). The molecule has 0 saturated carbocycles. The van der Waals surface area contributed by atoms with Gasteiger partial charge in [-0.2, -0.15) is 0 Å². The van der Waals surface area contributed by atoms with Crippen molar-refractivity contribution < 1.29 is 5.11 Å². The number of nitrogens with two attached hydrogens (primary N) is 1. The van der Waals surface area contributed by atoms with Gasteiger partial charge in [0.05, 0.1) is 0 Å². The molecular weight excluding hydrogens is 126 g/mol. The first-order valence-corrected chi connectivity index (χ1v) is 3.58. The van der Waals surface area contributed by atoms with Gasteiger partial charge in [-0.3, -0.25) is 0 Å². The van der Waals surface area contributed by atoms with Gasteiger partial charge in [-0.25, -0.2) is 0 Å². The van der Waals surface area contributed by atoms with Crippen LogP contribution in [-0.2, 0) is 0 Å². The first-order chi connectivity index (χ1) is 4.83. The minimum atomic E-state index is 0.371. The van der Waals surface area contributed by atoms with E-state index in [1.807, 2.05) is 12.2 Å². The van der Waals surface area contributed by atoms with Gasteiger partial charge in [0.15, 0.2) is 0 Å². The van der Waals surface area contributed by atoms with Crippen molar-refractivity contribution in [1.29, 1.82) is 0 Å². The monoisotopic (exact) mass is 139 g/mol. The molecule has 0 unspecified atom stereocenters. The smallest absolute Gasteiger partial charge is 0.111 e. The summed E-state index contributed by atoms with van der Waals surface area (Å²) in [6.07, 6.45) is 7.40. The molecule has 0 aromatic carbocycles. The van der Waals surface area contributed by atoms with Crippen LogP contribution in [0.2, 0.25) is 0 Å². The second-order valence-corrected chi connectivity index (χ2v) is 2.60. The van der Waals surface area contributed by atoms with Crippen LogP contribution in [0.3, 0.4) is 0 Å². The molecule has 10 heavy (non-hydrogen) atoms. The third-order valence-corrected chi connectivity index (χ3v) is 1.75. The Morgan fingerprint density at radius 2 is 2.40 bits per heavy atom. The highest BCUT2D eigenvalue weighted by Gasteiger charge is 2.05. The minimum absolute atomic E-state index is 0.371. The van der Waals surface area contributed by atoms with E-state index in [-0.39, 0.29) is 0 Å². The average Bonchev–Trinajstić information content (AvgIpc) is 2.14. The second-order valence-electron chi connectivity index (χ2n) is 2.60. The molecule has 0 saturated heterocycles. The Morgan fingerprint density at radius 1 is 1.60 bits per heavy atom. The lowest BCUT2D eigenvalue weighted by Crippen LogP contribution is -2.12. The van der Waals surface area contributed by atoms with Gasteiger partial charge in [-0.1, -0.05) is 6.08 Å².